The number of methoxy groups -OCH3 is 1. The summed E-state index contributed by atoms with van der Waals surface area (Å²) < 4.78 is 5.33. The van der Waals surface area contributed by atoms with Gasteiger partial charge in [0.2, 0.25) is 11.8 Å². The zero-order valence-electron chi connectivity index (χ0n) is 15.6. The van der Waals surface area contributed by atoms with Gasteiger partial charge < -0.3 is 15.0 Å². The second-order valence-corrected chi connectivity index (χ2v) is 6.06. The summed E-state index contributed by atoms with van der Waals surface area (Å²) in [7, 11) is 1.62. The molecule has 1 N–H and O–H groups in total. The Labute approximate surface area is 159 Å². The van der Waals surface area contributed by atoms with E-state index in [0.717, 1.165) is 11.3 Å². The average Bonchev–Trinajstić information content (AvgIpc) is 2.68. The van der Waals surface area contributed by atoms with E-state index in [9.17, 15) is 9.59 Å². The van der Waals surface area contributed by atoms with Crippen LogP contribution in [0, 0.1) is 11.3 Å². The molecule has 140 valence electrons. The van der Waals surface area contributed by atoms with Gasteiger partial charge in [0.05, 0.1) is 18.7 Å². The zero-order chi connectivity index (χ0) is 19.6. The molecule has 0 radical (unpaired) electrons. The van der Waals surface area contributed by atoms with E-state index in [1.807, 2.05) is 30.3 Å². The summed E-state index contributed by atoms with van der Waals surface area (Å²) in [4.78, 5) is 25.7. The monoisotopic (exact) mass is 365 g/mol. The number of para-hydroxylation sites is 1. The molecule has 0 unspecified atom stereocenters. The molecule has 0 aliphatic heterocycles. The lowest BCUT2D eigenvalue weighted by atomic mass is 10.1. The first-order valence-corrected chi connectivity index (χ1v) is 8.71. The topological polar surface area (TPSA) is 82.4 Å². The van der Waals surface area contributed by atoms with Crippen molar-refractivity contribution in [2.45, 2.75) is 19.8 Å². The van der Waals surface area contributed by atoms with E-state index < -0.39 is 0 Å². The van der Waals surface area contributed by atoms with Crippen LogP contribution in [-0.4, -0.2) is 36.9 Å². The summed E-state index contributed by atoms with van der Waals surface area (Å²) in [5, 5.41) is 11.7. The maximum atomic E-state index is 12.2. The molecule has 0 aliphatic carbocycles. The van der Waals surface area contributed by atoms with Crippen LogP contribution in [-0.2, 0) is 16.0 Å². The van der Waals surface area contributed by atoms with Crippen LogP contribution in [0.5, 0.6) is 5.75 Å². The lowest BCUT2D eigenvalue weighted by Crippen LogP contribution is -2.33. The summed E-state index contributed by atoms with van der Waals surface area (Å²) in [5.74, 6) is 0.508. The fourth-order valence-electron chi connectivity index (χ4n) is 2.72. The van der Waals surface area contributed by atoms with Gasteiger partial charge in [-0.05, 0) is 36.2 Å². The van der Waals surface area contributed by atoms with Gasteiger partial charge in [0, 0.05) is 32.1 Å². The van der Waals surface area contributed by atoms with Crippen LogP contribution < -0.4 is 10.1 Å². The summed E-state index contributed by atoms with van der Waals surface area (Å²) in [6, 6.07) is 16.4. The van der Waals surface area contributed by atoms with Crippen LogP contribution in [0.2, 0.25) is 0 Å². The minimum Gasteiger partial charge on any atom is -0.496 e. The molecular formula is C21H23N3O3. The summed E-state index contributed by atoms with van der Waals surface area (Å²) in [6.07, 6.45) is 0.831. The Balaban J connectivity index is 1.89. The lowest BCUT2D eigenvalue weighted by Gasteiger charge is -2.21. The molecule has 0 fully saturated rings. The molecule has 0 saturated heterocycles. The molecular weight excluding hydrogens is 342 g/mol. The van der Waals surface area contributed by atoms with Gasteiger partial charge in [0.25, 0.3) is 0 Å². The van der Waals surface area contributed by atoms with E-state index in [1.54, 1.807) is 36.3 Å². The van der Waals surface area contributed by atoms with E-state index in [1.165, 1.54) is 6.92 Å². The van der Waals surface area contributed by atoms with Gasteiger partial charge in [-0.15, -0.1) is 0 Å². The van der Waals surface area contributed by atoms with Crippen molar-refractivity contribution in [1.82, 2.24) is 4.90 Å². The van der Waals surface area contributed by atoms with Crippen molar-refractivity contribution in [1.29, 1.82) is 5.26 Å². The van der Waals surface area contributed by atoms with Gasteiger partial charge in [0.15, 0.2) is 0 Å². The molecule has 0 heterocycles. The van der Waals surface area contributed by atoms with Crippen LogP contribution in [0.25, 0.3) is 0 Å². The number of hydrogen-bond donors (Lipinski definition) is 1. The van der Waals surface area contributed by atoms with E-state index >= 15 is 0 Å². The van der Waals surface area contributed by atoms with Gasteiger partial charge in [-0.3, -0.25) is 9.59 Å². The van der Waals surface area contributed by atoms with Crippen LogP contribution in [0.1, 0.15) is 24.5 Å². The predicted molar refractivity (Wildman–Crippen MR) is 103 cm³/mol. The largest absolute Gasteiger partial charge is 0.496 e. The number of ether oxygens (including phenoxy) is 1. The first-order valence-electron chi connectivity index (χ1n) is 8.71. The highest BCUT2D eigenvalue weighted by molar-refractivity contribution is 5.91. The van der Waals surface area contributed by atoms with Gasteiger partial charge in [-0.1, -0.05) is 24.3 Å². The second kappa shape index (κ2) is 9.97. The molecule has 0 aromatic heterocycles. The molecule has 2 aromatic rings. The van der Waals surface area contributed by atoms with Crippen molar-refractivity contribution in [3.05, 3.63) is 59.7 Å². The molecule has 0 spiro atoms. The first-order chi connectivity index (χ1) is 13.0. The van der Waals surface area contributed by atoms with Gasteiger partial charge in [-0.25, -0.2) is 0 Å². The maximum absolute atomic E-state index is 12.2. The molecule has 27 heavy (non-hydrogen) atoms. The van der Waals surface area contributed by atoms with E-state index in [0.29, 0.717) is 30.8 Å². The predicted octanol–water partition coefficient (Wildman–Crippen LogP) is 2.99. The number of carbonyl (C=O) groups is 2. The second-order valence-electron chi connectivity index (χ2n) is 6.06. The standard InChI is InChI=1S/C21H23N3O3/c1-16(25)24(12-10-18-7-3-4-9-20(18)27-2)13-11-21(26)23-19-8-5-6-17(14-19)15-22/h3-9,14H,10-13H2,1-2H3,(H,23,26). The number of hydrogen-bond acceptors (Lipinski definition) is 4. The van der Waals surface area contributed by atoms with Gasteiger partial charge >= 0.3 is 0 Å². The number of nitrogens with zero attached hydrogens (tertiary/aromatic N) is 2. The van der Waals surface area contributed by atoms with Crippen molar-refractivity contribution < 1.29 is 14.3 Å². The fourth-order valence-corrected chi connectivity index (χ4v) is 2.72. The van der Waals surface area contributed by atoms with Crippen molar-refractivity contribution in [2.75, 3.05) is 25.5 Å². The SMILES string of the molecule is COc1ccccc1CCN(CCC(=O)Nc1cccc(C#N)c1)C(C)=O. The van der Waals surface area contributed by atoms with Crippen LogP contribution in [0.4, 0.5) is 5.69 Å². The van der Waals surface area contributed by atoms with Crippen molar-refractivity contribution in [2.24, 2.45) is 0 Å². The lowest BCUT2D eigenvalue weighted by molar-refractivity contribution is -0.129. The van der Waals surface area contributed by atoms with Crippen molar-refractivity contribution in [3.8, 4) is 11.8 Å². The number of benzene rings is 2. The Hall–Kier alpha value is -3.33. The zero-order valence-corrected chi connectivity index (χ0v) is 15.6. The molecule has 2 rings (SSSR count). The van der Waals surface area contributed by atoms with Crippen LogP contribution >= 0.6 is 0 Å². The normalized spacial score (nSPS) is 9.96. The summed E-state index contributed by atoms with van der Waals surface area (Å²) >= 11 is 0. The number of nitrogens with one attached hydrogen (secondary N) is 1. The average molecular weight is 365 g/mol. The summed E-state index contributed by atoms with van der Waals surface area (Å²) in [6.45, 7) is 2.33. The Morgan fingerprint density at radius 2 is 1.93 bits per heavy atom. The maximum Gasteiger partial charge on any atom is 0.226 e. The molecule has 0 aliphatic rings. The number of amides is 2. The Kier molecular flexibility index (Phi) is 7.38. The highest BCUT2D eigenvalue weighted by atomic mass is 16.5. The number of rotatable bonds is 8. The molecule has 2 amide bonds. The number of anilines is 1. The Morgan fingerprint density at radius 1 is 1.15 bits per heavy atom. The molecule has 2 aromatic carbocycles. The van der Waals surface area contributed by atoms with E-state index in [2.05, 4.69) is 5.32 Å². The Morgan fingerprint density at radius 3 is 2.63 bits per heavy atom. The molecule has 0 bridgehead atoms. The minimum absolute atomic E-state index is 0.0795. The van der Waals surface area contributed by atoms with E-state index in [-0.39, 0.29) is 18.2 Å². The third kappa shape index (κ3) is 6.15. The molecule has 6 nitrogen and oxygen atoms in total. The van der Waals surface area contributed by atoms with Crippen LogP contribution in [0.3, 0.4) is 0 Å². The van der Waals surface area contributed by atoms with Crippen molar-refractivity contribution >= 4 is 17.5 Å². The minimum atomic E-state index is -0.200. The van der Waals surface area contributed by atoms with Gasteiger partial charge in [0.1, 0.15) is 5.75 Å². The summed E-state index contributed by atoms with van der Waals surface area (Å²) in [5.41, 5.74) is 2.07. The molecule has 6 heteroatoms. The van der Waals surface area contributed by atoms with Crippen LogP contribution in [0.15, 0.2) is 48.5 Å². The Bertz CT molecular complexity index is 843. The van der Waals surface area contributed by atoms with Crippen molar-refractivity contribution in [3.63, 3.8) is 0 Å². The van der Waals surface area contributed by atoms with E-state index in [4.69, 9.17) is 10.00 Å². The third-order valence-corrected chi connectivity index (χ3v) is 4.17. The third-order valence-electron chi connectivity index (χ3n) is 4.17. The first kappa shape index (κ1) is 20.0. The number of nitriles is 1. The molecule has 0 saturated carbocycles. The molecule has 0 atom stereocenters. The smallest absolute Gasteiger partial charge is 0.226 e. The quantitative estimate of drug-likeness (QED) is 0.780. The number of carbonyl (C=O) groups excluding carboxylic acids is 2. The fraction of sp³-hybridized carbons (Fsp3) is 0.286. The van der Waals surface area contributed by atoms with Gasteiger partial charge in [-0.2, -0.15) is 5.26 Å². The highest BCUT2D eigenvalue weighted by Crippen LogP contribution is 2.18. The highest BCUT2D eigenvalue weighted by Gasteiger charge is 2.13.